The van der Waals surface area contributed by atoms with E-state index in [9.17, 15) is 0 Å². The second kappa shape index (κ2) is 19.6. The largest absolute Gasteiger partial charge is 4.00 e. The Morgan fingerprint density at radius 1 is 1.00 bits per heavy atom. The van der Waals surface area contributed by atoms with E-state index in [1.807, 2.05) is 0 Å². The minimum absolute atomic E-state index is 0. The van der Waals surface area contributed by atoms with Gasteiger partial charge in [0.15, 0.2) is 0 Å². The molecule has 0 aromatic rings. The Kier molecular flexibility index (Phi) is 179. The first kappa shape index (κ1) is 36.5. The predicted molar refractivity (Wildman–Crippen MR) is 9.35 cm³/mol. The quantitative estimate of drug-likeness (QED) is 0.439. The summed E-state index contributed by atoms with van der Waals surface area (Å²) in [5, 5.41) is 0. The summed E-state index contributed by atoms with van der Waals surface area (Å²) in [6, 6.07) is 0. The maximum absolute atomic E-state index is 0. The fraction of sp³-hybridized carbons (Fsp3) is 0. The van der Waals surface area contributed by atoms with Crippen molar-refractivity contribution in [1.82, 2.24) is 0 Å². The molecule has 4 heavy (non-hydrogen) atoms. The fourth-order valence-corrected chi connectivity index (χ4v) is 0. The van der Waals surface area contributed by atoms with Crippen molar-refractivity contribution in [2.75, 3.05) is 0 Å². The van der Waals surface area contributed by atoms with Crippen molar-refractivity contribution < 1.29 is 40.0 Å². The van der Waals surface area contributed by atoms with Crippen molar-refractivity contribution in [3.05, 3.63) is 0 Å². The Bertz CT molecular complexity index is 11.5. The summed E-state index contributed by atoms with van der Waals surface area (Å²) in [4.78, 5) is 0. The van der Waals surface area contributed by atoms with Gasteiger partial charge in [-0.05, 0) is 0 Å². The van der Waals surface area contributed by atoms with Gasteiger partial charge in [0, 0.05) is 0 Å². The number of hydrogen-bond acceptors (Lipinski definition) is 0. The molecule has 4 heteroatoms. The van der Waals surface area contributed by atoms with E-state index in [1.54, 1.807) is 0 Å². The van der Waals surface area contributed by atoms with Crippen LogP contribution < -0.4 is 0 Å². The number of hydrogen-bond donors (Lipinski definition) is 0. The molecule has 0 saturated carbocycles. The van der Waals surface area contributed by atoms with Gasteiger partial charge in [-0.25, -0.2) is 0 Å². The summed E-state index contributed by atoms with van der Waals surface area (Å²) in [7, 11) is 0. The predicted octanol–water partition coefficient (Wildman–Crippen LogP) is -0.396. The van der Waals surface area contributed by atoms with E-state index in [4.69, 9.17) is 0 Å². The van der Waals surface area contributed by atoms with Crippen molar-refractivity contribution in [2.45, 2.75) is 0 Å². The zero-order valence-electron chi connectivity index (χ0n) is 4.02. The average molecular weight is 165 g/mol. The molecule has 0 aromatic carbocycles. The van der Waals surface area contributed by atoms with E-state index < -0.39 is 0 Å². The van der Waals surface area contributed by atoms with Crippen LogP contribution in [0.3, 0.4) is 0 Å². The van der Waals surface area contributed by atoms with E-state index in [0.717, 1.165) is 0 Å². The standard InChI is InChI=1S/Ca.2O.Zr.2H/q+2;2*-2;+4;2*-1. The van der Waals surface area contributed by atoms with Gasteiger partial charge in [-0.2, -0.15) is 0 Å². The fourth-order valence-electron chi connectivity index (χ4n) is 0. The minimum Gasteiger partial charge on any atom is -2.00 e. The molecule has 0 N–H and O–H groups in total. The molecule has 0 heterocycles. The molecule has 0 rings (SSSR count). The zero-order chi connectivity index (χ0) is 0. The molecule has 0 aliphatic rings. The summed E-state index contributed by atoms with van der Waals surface area (Å²) in [6.45, 7) is 0. The Balaban J connectivity index is 0. The second-order valence-electron chi connectivity index (χ2n) is 0. The van der Waals surface area contributed by atoms with Gasteiger partial charge >= 0.3 is 63.9 Å². The monoisotopic (exact) mass is 164 g/mol. The van der Waals surface area contributed by atoms with Crippen LogP contribution in [0, 0.1) is 0 Å². The summed E-state index contributed by atoms with van der Waals surface area (Å²) in [6.07, 6.45) is 0. The third-order valence-electron chi connectivity index (χ3n) is 0. The molecular formula is H2CaO2Zr. The summed E-state index contributed by atoms with van der Waals surface area (Å²) in [5.74, 6) is 0. The maximum Gasteiger partial charge on any atom is 4.00 e. The van der Waals surface area contributed by atoms with E-state index in [-0.39, 0.29) is 77.7 Å². The van der Waals surface area contributed by atoms with Crippen LogP contribution in [0.25, 0.3) is 0 Å². The van der Waals surface area contributed by atoms with Gasteiger partial charge in [0.05, 0.1) is 0 Å². The Morgan fingerprint density at radius 2 is 1.00 bits per heavy atom. The molecule has 0 bridgehead atoms. The van der Waals surface area contributed by atoms with Gasteiger partial charge in [-0.1, -0.05) is 0 Å². The molecule has 0 aliphatic carbocycles. The Labute approximate surface area is 76.7 Å². The normalized spacial score (nSPS) is 0. The topological polar surface area (TPSA) is 57.0 Å². The SMILES string of the molecule is [Ca+2].[H-].[H-].[O-2].[O-2].[Zr+4]. The molecule has 0 fully saturated rings. The van der Waals surface area contributed by atoms with Gasteiger partial charge in [-0.15, -0.1) is 0 Å². The molecule has 0 spiro atoms. The molecule has 0 saturated heterocycles. The van der Waals surface area contributed by atoms with Crippen LogP contribution in [-0.4, -0.2) is 37.7 Å². The smallest absolute Gasteiger partial charge is 2.00 e. The maximum atomic E-state index is 0. The van der Waals surface area contributed by atoms with E-state index >= 15 is 0 Å². The molecule has 0 aromatic heterocycles. The van der Waals surface area contributed by atoms with Gasteiger partial charge in [0.1, 0.15) is 0 Å². The van der Waals surface area contributed by atoms with Gasteiger partial charge in [0.2, 0.25) is 0 Å². The third-order valence-corrected chi connectivity index (χ3v) is 0. The third kappa shape index (κ3) is 8.96. The first-order chi connectivity index (χ1) is 0. The van der Waals surface area contributed by atoms with Gasteiger partial charge in [0.25, 0.3) is 0 Å². The van der Waals surface area contributed by atoms with Crippen molar-refractivity contribution in [3.8, 4) is 0 Å². The van der Waals surface area contributed by atoms with Crippen molar-refractivity contribution in [2.24, 2.45) is 0 Å². The Hall–Kier alpha value is 2.06. The molecule has 0 unspecified atom stereocenters. The van der Waals surface area contributed by atoms with Gasteiger partial charge in [-0.3, -0.25) is 0 Å². The summed E-state index contributed by atoms with van der Waals surface area (Å²) >= 11 is 0. The van der Waals surface area contributed by atoms with Crippen molar-refractivity contribution in [3.63, 3.8) is 0 Å². The van der Waals surface area contributed by atoms with Crippen LogP contribution in [-0.2, 0) is 37.2 Å². The molecule has 0 amide bonds. The molecule has 0 radical (unpaired) electrons. The van der Waals surface area contributed by atoms with Crippen LogP contribution in [0.2, 0.25) is 0 Å². The summed E-state index contributed by atoms with van der Waals surface area (Å²) < 4.78 is 0. The van der Waals surface area contributed by atoms with E-state index in [0.29, 0.717) is 0 Å². The zero-order valence-corrected chi connectivity index (χ0v) is 6.69. The summed E-state index contributed by atoms with van der Waals surface area (Å²) in [5.41, 5.74) is 0. The van der Waals surface area contributed by atoms with Crippen LogP contribution in [0.1, 0.15) is 2.85 Å². The first-order valence-electron chi connectivity index (χ1n) is 0. The van der Waals surface area contributed by atoms with Gasteiger partial charge < -0.3 is 13.8 Å². The van der Waals surface area contributed by atoms with E-state index in [2.05, 4.69) is 0 Å². The molecule has 20 valence electrons. The average Bonchev–Trinajstić information content (AvgIpc) is 0. The van der Waals surface area contributed by atoms with Crippen LogP contribution in [0.4, 0.5) is 0 Å². The molecule has 0 atom stereocenters. The van der Waals surface area contributed by atoms with Crippen LogP contribution >= 0.6 is 0 Å². The Morgan fingerprint density at radius 3 is 1.00 bits per heavy atom. The molecule has 2 nitrogen and oxygen atoms in total. The van der Waals surface area contributed by atoms with Crippen molar-refractivity contribution >= 4 is 37.7 Å². The second-order valence-corrected chi connectivity index (χ2v) is 0. The molecule has 0 aliphatic heterocycles. The van der Waals surface area contributed by atoms with Crippen LogP contribution in [0.5, 0.6) is 0 Å². The minimum atomic E-state index is 0. The first-order valence-corrected chi connectivity index (χ1v) is 0. The molecular weight excluding hydrogens is 163 g/mol. The number of rotatable bonds is 0. The van der Waals surface area contributed by atoms with Crippen LogP contribution in [0.15, 0.2) is 0 Å². The van der Waals surface area contributed by atoms with Crippen molar-refractivity contribution in [1.29, 1.82) is 0 Å². The van der Waals surface area contributed by atoms with E-state index in [1.165, 1.54) is 0 Å².